The minimum Gasteiger partial charge on any atom is -0.477 e. The highest BCUT2D eigenvalue weighted by atomic mass is 32.2. The smallest absolute Gasteiger partial charge is 0.352 e. The molecule has 1 saturated heterocycles. The first kappa shape index (κ1) is 12.4. The lowest BCUT2D eigenvalue weighted by atomic mass is 9.84. The number of rotatable bonds is 4. The lowest BCUT2D eigenvalue weighted by molar-refractivity contribution is -0.152. The average Bonchev–Trinajstić information content (AvgIpc) is 2.33. The van der Waals surface area contributed by atoms with Crippen molar-refractivity contribution in [3.63, 3.8) is 0 Å². The number of carbonyl (C=O) groups is 2. The van der Waals surface area contributed by atoms with Crippen molar-refractivity contribution in [2.75, 3.05) is 11.5 Å². The molecule has 94 valence electrons. The Morgan fingerprint density at radius 3 is 2.94 bits per heavy atom. The van der Waals surface area contributed by atoms with E-state index in [-0.39, 0.29) is 17.6 Å². The lowest BCUT2D eigenvalue weighted by Crippen LogP contribution is -2.69. The van der Waals surface area contributed by atoms with Crippen molar-refractivity contribution in [2.24, 2.45) is 5.73 Å². The largest absolute Gasteiger partial charge is 0.477 e. The Hall–Kier alpha value is -1.01. The quantitative estimate of drug-likeness (QED) is 0.712. The van der Waals surface area contributed by atoms with Gasteiger partial charge in [0.05, 0.1) is 6.04 Å². The van der Waals surface area contributed by atoms with Crippen molar-refractivity contribution in [3.05, 3.63) is 11.3 Å². The van der Waals surface area contributed by atoms with Crippen molar-refractivity contribution in [3.8, 4) is 0 Å². The summed E-state index contributed by atoms with van der Waals surface area (Å²) >= 11 is 1.67. The molecule has 0 radical (unpaired) electrons. The highest BCUT2D eigenvalue weighted by Crippen LogP contribution is 2.36. The Bertz CT molecular complexity index is 394. The Morgan fingerprint density at radius 2 is 2.35 bits per heavy atom. The molecule has 0 bridgehead atoms. The normalized spacial score (nSPS) is 27.9. The van der Waals surface area contributed by atoms with Gasteiger partial charge in [0.25, 0.3) is 0 Å². The summed E-state index contributed by atoms with van der Waals surface area (Å²) in [5, 5.41) is 9.23. The molecule has 2 unspecified atom stereocenters. The highest BCUT2D eigenvalue weighted by Gasteiger charge is 2.50. The molecule has 1 fully saturated rings. The van der Waals surface area contributed by atoms with Gasteiger partial charge in [-0.05, 0) is 24.2 Å². The third kappa shape index (κ3) is 1.95. The number of amides is 1. The van der Waals surface area contributed by atoms with Crippen LogP contribution in [-0.2, 0) is 9.59 Å². The number of carboxylic acid groups (broad SMARTS) is 1. The molecule has 0 aromatic carbocycles. The number of hydrogen-bond acceptors (Lipinski definition) is 4. The SMILES string of the molecule is CCSCC1=C(C(=O)O)N2C(=O)C(N)C2CC1. The first-order chi connectivity index (χ1) is 8.07. The van der Waals surface area contributed by atoms with Crippen LogP contribution in [0.1, 0.15) is 19.8 Å². The van der Waals surface area contributed by atoms with Gasteiger partial charge in [-0.15, -0.1) is 0 Å². The zero-order chi connectivity index (χ0) is 12.6. The molecule has 0 aromatic heterocycles. The summed E-state index contributed by atoms with van der Waals surface area (Å²) in [4.78, 5) is 24.3. The summed E-state index contributed by atoms with van der Waals surface area (Å²) in [6.45, 7) is 2.03. The van der Waals surface area contributed by atoms with Crippen LogP contribution < -0.4 is 5.73 Å². The molecule has 6 heteroatoms. The van der Waals surface area contributed by atoms with Crippen molar-refractivity contribution in [1.82, 2.24) is 4.90 Å². The number of carbonyl (C=O) groups excluding carboxylic acids is 1. The second-order valence-electron chi connectivity index (χ2n) is 4.23. The number of thioether (sulfide) groups is 1. The summed E-state index contributed by atoms with van der Waals surface area (Å²) in [6, 6.07) is -0.617. The molecule has 1 amide bonds. The first-order valence-corrected chi connectivity index (χ1v) is 6.85. The van der Waals surface area contributed by atoms with Gasteiger partial charge in [0.15, 0.2) is 0 Å². The molecule has 3 N–H and O–H groups in total. The molecule has 0 spiro atoms. The van der Waals surface area contributed by atoms with Crippen LogP contribution in [0.2, 0.25) is 0 Å². The zero-order valence-electron chi connectivity index (χ0n) is 9.68. The van der Waals surface area contributed by atoms with Crippen LogP contribution in [0.3, 0.4) is 0 Å². The number of fused-ring (bicyclic) bond motifs is 1. The van der Waals surface area contributed by atoms with Crippen LogP contribution in [0.15, 0.2) is 11.3 Å². The second kappa shape index (κ2) is 4.70. The summed E-state index contributed by atoms with van der Waals surface area (Å²) < 4.78 is 0. The van der Waals surface area contributed by atoms with Crippen LogP contribution in [0.25, 0.3) is 0 Å². The standard InChI is InChI=1S/C11H16N2O3S/c1-2-17-5-6-3-4-7-8(12)10(14)13(7)9(6)11(15)16/h7-8H,2-5,12H2,1H3,(H,15,16). The van der Waals surface area contributed by atoms with E-state index in [9.17, 15) is 14.7 Å². The van der Waals surface area contributed by atoms with Gasteiger partial charge in [0, 0.05) is 5.75 Å². The predicted molar refractivity (Wildman–Crippen MR) is 65.5 cm³/mol. The van der Waals surface area contributed by atoms with Crippen LogP contribution in [0.4, 0.5) is 0 Å². The molecule has 17 heavy (non-hydrogen) atoms. The van der Waals surface area contributed by atoms with Gasteiger partial charge in [-0.1, -0.05) is 6.92 Å². The molecule has 2 rings (SSSR count). The van der Waals surface area contributed by atoms with E-state index < -0.39 is 12.0 Å². The van der Waals surface area contributed by atoms with Gasteiger partial charge in [-0.25, -0.2) is 4.79 Å². The van der Waals surface area contributed by atoms with Crippen LogP contribution in [0.5, 0.6) is 0 Å². The van der Waals surface area contributed by atoms with Gasteiger partial charge in [-0.2, -0.15) is 11.8 Å². The third-order valence-corrected chi connectivity index (χ3v) is 4.23. The van der Waals surface area contributed by atoms with Crippen LogP contribution >= 0.6 is 11.8 Å². The summed E-state index contributed by atoms with van der Waals surface area (Å²) in [7, 11) is 0. The fourth-order valence-electron chi connectivity index (χ4n) is 2.38. The van der Waals surface area contributed by atoms with E-state index in [1.165, 1.54) is 4.90 Å². The topological polar surface area (TPSA) is 83.6 Å². The monoisotopic (exact) mass is 256 g/mol. The van der Waals surface area contributed by atoms with Gasteiger partial charge in [0.1, 0.15) is 11.7 Å². The van der Waals surface area contributed by atoms with E-state index in [0.29, 0.717) is 5.75 Å². The molecular formula is C11H16N2O3S. The predicted octanol–water partition coefficient (Wildman–Crippen LogP) is 0.410. The van der Waals surface area contributed by atoms with E-state index in [0.717, 1.165) is 24.2 Å². The Balaban J connectivity index is 2.26. The maximum atomic E-state index is 11.6. The number of nitrogens with zero attached hydrogens (tertiary/aromatic N) is 1. The Labute approximate surface area is 104 Å². The van der Waals surface area contributed by atoms with E-state index in [2.05, 4.69) is 0 Å². The molecule has 2 aliphatic heterocycles. The molecule has 0 aromatic rings. The maximum absolute atomic E-state index is 11.6. The van der Waals surface area contributed by atoms with E-state index in [1.807, 2.05) is 6.92 Å². The van der Waals surface area contributed by atoms with Crippen molar-refractivity contribution >= 4 is 23.6 Å². The number of β-lactam (4-membered cyclic amide) rings is 1. The summed E-state index contributed by atoms with van der Waals surface area (Å²) in [6.07, 6.45) is 1.51. The summed E-state index contributed by atoms with van der Waals surface area (Å²) in [5.41, 5.74) is 6.71. The van der Waals surface area contributed by atoms with Crippen molar-refractivity contribution in [2.45, 2.75) is 31.8 Å². The molecule has 2 heterocycles. The zero-order valence-corrected chi connectivity index (χ0v) is 10.5. The second-order valence-corrected chi connectivity index (χ2v) is 5.51. The van der Waals surface area contributed by atoms with Gasteiger partial charge >= 0.3 is 5.97 Å². The fourth-order valence-corrected chi connectivity index (χ4v) is 3.11. The summed E-state index contributed by atoms with van der Waals surface area (Å²) in [5.74, 6) is 0.352. The van der Waals surface area contributed by atoms with Crippen LogP contribution in [-0.4, -0.2) is 45.5 Å². The van der Waals surface area contributed by atoms with E-state index in [4.69, 9.17) is 5.73 Å². The fraction of sp³-hybridized carbons (Fsp3) is 0.636. The average molecular weight is 256 g/mol. The molecule has 0 saturated carbocycles. The third-order valence-electron chi connectivity index (χ3n) is 3.27. The van der Waals surface area contributed by atoms with Crippen LogP contribution in [0, 0.1) is 0 Å². The van der Waals surface area contributed by atoms with E-state index in [1.54, 1.807) is 11.8 Å². The number of aliphatic carboxylic acids is 1. The highest BCUT2D eigenvalue weighted by molar-refractivity contribution is 7.99. The first-order valence-electron chi connectivity index (χ1n) is 5.69. The molecule has 0 aliphatic carbocycles. The van der Waals surface area contributed by atoms with Crippen molar-refractivity contribution in [1.29, 1.82) is 0 Å². The Morgan fingerprint density at radius 1 is 1.65 bits per heavy atom. The number of carboxylic acids is 1. The number of nitrogens with two attached hydrogens (primary N) is 1. The molecule has 5 nitrogen and oxygen atoms in total. The van der Waals surface area contributed by atoms with Gasteiger partial charge in [-0.3, -0.25) is 9.69 Å². The van der Waals surface area contributed by atoms with Gasteiger partial charge < -0.3 is 10.8 Å². The minimum atomic E-state index is -1.01. The van der Waals surface area contributed by atoms with Crippen molar-refractivity contribution < 1.29 is 14.7 Å². The Kier molecular flexibility index (Phi) is 3.44. The molecule has 2 atom stereocenters. The minimum absolute atomic E-state index is 0.107. The van der Waals surface area contributed by atoms with Gasteiger partial charge in [0.2, 0.25) is 5.91 Å². The van der Waals surface area contributed by atoms with E-state index >= 15 is 0 Å². The lowest BCUT2D eigenvalue weighted by Gasteiger charge is -2.48. The maximum Gasteiger partial charge on any atom is 0.352 e. The molecule has 2 aliphatic rings. The molecular weight excluding hydrogens is 240 g/mol. The number of hydrogen-bond donors (Lipinski definition) is 2.